The molecular weight excluding hydrogens is 386 g/mol. The molecular formula is C27H61NO3. The SMILES string of the molecule is CC(C)C.CC(C)C.CC(C)C1CCC(CO)C1.CC(C)C1CNCC(CO)C1.CO. The van der Waals surface area contributed by atoms with Crippen molar-refractivity contribution in [2.45, 2.75) is 94.9 Å². The van der Waals surface area contributed by atoms with Gasteiger partial charge < -0.3 is 20.6 Å². The Balaban J connectivity index is -0.000000359. The average molecular weight is 448 g/mol. The molecule has 4 unspecified atom stereocenters. The summed E-state index contributed by atoms with van der Waals surface area (Å²) < 4.78 is 0. The summed E-state index contributed by atoms with van der Waals surface area (Å²) in [5.74, 6) is 6.00. The molecule has 0 aromatic rings. The second-order valence-corrected chi connectivity index (χ2v) is 11.3. The number of hydrogen-bond acceptors (Lipinski definition) is 4. The van der Waals surface area contributed by atoms with Gasteiger partial charge in [-0.15, -0.1) is 0 Å². The zero-order valence-corrected chi connectivity index (χ0v) is 23.1. The second kappa shape index (κ2) is 23.0. The van der Waals surface area contributed by atoms with E-state index in [9.17, 15) is 0 Å². The highest BCUT2D eigenvalue weighted by Gasteiger charge is 2.25. The highest BCUT2D eigenvalue weighted by Crippen LogP contribution is 2.34. The number of nitrogens with one attached hydrogen (secondary N) is 1. The first-order valence-electron chi connectivity index (χ1n) is 12.8. The maximum absolute atomic E-state index is 8.95. The highest BCUT2D eigenvalue weighted by molar-refractivity contribution is 4.77. The van der Waals surface area contributed by atoms with Gasteiger partial charge in [0.1, 0.15) is 0 Å². The van der Waals surface area contributed by atoms with Crippen molar-refractivity contribution >= 4 is 0 Å². The summed E-state index contributed by atoms with van der Waals surface area (Å²) >= 11 is 0. The molecule has 2 fully saturated rings. The Morgan fingerprint density at radius 3 is 1.29 bits per heavy atom. The fourth-order valence-electron chi connectivity index (χ4n) is 3.60. The minimum Gasteiger partial charge on any atom is -0.400 e. The van der Waals surface area contributed by atoms with Gasteiger partial charge in [-0.1, -0.05) is 69.2 Å². The third kappa shape index (κ3) is 24.3. The first kappa shape index (κ1) is 35.4. The fraction of sp³-hybridized carbons (Fsp3) is 1.00. The van der Waals surface area contributed by atoms with Crippen LogP contribution in [0.15, 0.2) is 0 Å². The van der Waals surface area contributed by atoms with Crippen LogP contribution in [0.1, 0.15) is 94.9 Å². The van der Waals surface area contributed by atoms with Gasteiger partial charge in [-0.3, -0.25) is 0 Å². The maximum atomic E-state index is 8.95. The van der Waals surface area contributed by atoms with E-state index in [1.54, 1.807) is 0 Å². The molecule has 4 atom stereocenters. The average Bonchev–Trinajstić information content (AvgIpc) is 3.19. The summed E-state index contributed by atoms with van der Waals surface area (Å²) in [7, 11) is 1.00. The van der Waals surface area contributed by atoms with Crippen LogP contribution in [0.5, 0.6) is 0 Å². The Labute approximate surface area is 196 Å². The minimum absolute atomic E-state index is 0.343. The lowest BCUT2D eigenvalue weighted by Gasteiger charge is -2.31. The van der Waals surface area contributed by atoms with Crippen molar-refractivity contribution in [2.75, 3.05) is 33.4 Å². The van der Waals surface area contributed by atoms with Gasteiger partial charge in [0.05, 0.1) is 0 Å². The van der Waals surface area contributed by atoms with Crippen LogP contribution in [0.2, 0.25) is 0 Å². The van der Waals surface area contributed by atoms with Crippen LogP contribution < -0.4 is 5.32 Å². The van der Waals surface area contributed by atoms with Crippen LogP contribution >= 0.6 is 0 Å². The van der Waals surface area contributed by atoms with Gasteiger partial charge in [-0.25, -0.2) is 0 Å². The predicted molar refractivity (Wildman–Crippen MR) is 138 cm³/mol. The van der Waals surface area contributed by atoms with E-state index >= 15 is 0 Å². The topological polar surface area (TPSA) is 72.7 Å². The summed E-state index contributed by atoms with van der Waals surface area (Å²) in [5, 5.41) is 28.2. The molecule has 2 aliphatic rings. The number of aliphatic hydroxyl groups is 3. The van der Waals surface area contributed by atoms with E-state index in [0.29, 0.717) is 25.0 Å². The lowest BCUT2D eigenvalue weighted by Crippen LogP contribution is -2.39. The van der Waals surface area contributed by atoms with Gasteiger partial charge in [-0.05, 0) is 79.6 Å². The quantitative estimate of drug-likeness (QED) is 0.436. The standard InChI is InChI=1S/C9H19NO.C9H18O.2C4H10.CH4O/c1-7(2)9-3-8(6-11)4-10-5-9;1-7(2)9-4-3-8(5-9)6-10;2*1-4(2)3;1-2/h7-11H,3-6H2,1-2H3;7-10H,3-6H2,1-2H3;2*4H,1-3H3;2H,1H3. The number of hydrogen-bond donors (Lipinski definition) is 4. The lowest BCUT2D eigenvalue weighted by molar-refractivity contribution is 0.153. The van der Waals surface area contributed by atoms with Crippen molar-refractivity contribution < 1.29 is 15.3 Å². The summed E-state index contributed by atoms with van der Waals surface area (Å²) in [4.78, 5) is 0. The molecule has 1 saturated heterocycles. The van der Waals surface area contributed by atoms with Crippen LogP contribution in [0.25, 0.3) is 0 Å². The summed E-state index contributed by atoms with van der Waals surface area (Å²) in [6, 6.07) is 0. The van der Waals surface area contributed by atoms with E-state index in [0.717, 1.165) is 55.7 Å². The molecule has 0 bridgehead atoms. The van der Waals surface area contributed by atoms with Crippen molar-refractivity contribution in [3.05, 3.63) is 0 Å². The Kier molecular flexibility index (Phi) is 26.3. The molecule has 0 amide bonds. The third-order valence-electron chi connectivity index (χ3n) is 5.46. The van der Waals surface area contributed by atoms with Gasteiger partial charge in [0.2, 0.25) is 0 Å². The summed E-state index contributed by atoms with van der Waals surface area (Å²) in [6.07, 6.45) is 5.04. The van der Waals surface area contributed by atoms with Gasteiger partial charge in [0.25, 0.3) is 0 Å². The smallest absolute Gasteiger partial charge is 0.0471 e. The van der Waals surface area contributed by atoms with E-state index in [-0.39, 0.29) is 0 Å². The maximum Gasteiger partial charge on any atom is 0.0471 e. The van der Waals surface area contributed by atoms with Crippen molar-refractivity contribution in [3.8, 4) is 0 Å². The molecule has 1 aliphatic heterocycles. The molecule has 4 heteroatoms. The predicted octanol–water partition coefficient (Wildman–Crippen LogP) is 5.84. The Bertz CT molecular complexity index is 334. The normalized spacial score (nSPS) is 25.0. The monoisotopic (exact) mass is 447 g/mol. The molecule has 4 nitrogen and oxygen atoms in total. The molecule has 1 aliphatic carbocycles. The van der Waals surface area contributed by atoms with Crippen LogP contribution in [-0.2, 0) is 0 Å². The molecule has 0 spiro atoms. The molecule has 2 rings (SSSR count). The first-order chi connectivity index (χ1) is 14.4. The Morgan fingerprint density at radius 2 is 1.00 bits per heavy atom. The first-order valence-corrected chi connectivity index (χ1v) is 12.8. The van der Waals surface area contributed by atoms with E-state index in [4.69, 9.17) is 15.3 Å². The number of piperidine rings is 1. The molecule has 31 heavy (non-hydrogen) atoms. The molecule has 0 aromatic carbocycles. The largest absolute Gasteiger partial charge is 0.400 e. The van der Waals surface area contributed by atoms with Crippen molar-refractivity contribution in [3.63, 3.8) is 0 Å². The molecule has 1 heterocycles. The fourth-order valence-corrected chi connectivity index (χ4v) is 3.60. The van der Waals surface area contributed by atoms with Crippen LogP contribution in [0.3, 0.4) is 0 Å². The lowest BCUT2D eigenvalue weighted by atomic mass is 9.84. The van der Waals surface area contributed by atoms with Crippen LogP contribution in [-0.4, -0.2) is 48.7 Å². The van der Waals surface area contributed by atoms with Crippen LogP contribution in [0.4, 0.5) is 0 Å². The van der Waals surface area contributed by atoms with E-state index < -0.39 is 0 Å². The summed E-state index contributed by atoms with van der Waals surface area (Å²) in [6.45, 7) is 25.0. The molecule has 0 radical (unpaired) electrons. The second-order valence-electron chi connectivity index (χ2n) is 11.3. The third-order valence-corrected chi connectivity index (χ3v) is 5.46. The Hall–Kier alpha value is -0.160. The van der Waals surface area contributed by atoms with Crippen molar-refractivity contribution in [1.82, 2.24) is 5.32 Å². The summed E-state index contributed by atoms with van der Waals surface area (Å²) in [5.41, 5.74) is 0. The van der Waals surface area contributed by atoms with E-state index in [1.165, 1.54) is 25.7 Å². The minimum atomic E-state index is 0.343. The van der Waals surface area contributed by atoms with Crippen molar-refractivity contribution in [1.29, 1.82) is 0 Å². The molecule has 192 valence electrons. The Morgan fingerprint density at radius 1 is 0.613 bits per heavy atom. The van der Waals surface area contributed by atoms with Gasteiger partial charge >= 0.3 is 0 Å². The molecule has 0 aromatic heterocycles. The van der Waals surface area contributed by atoms with Gasteiger partial charge in [-0.2, -0.15) is 0 Å². The molecule has 1 saturated carbocycles. The van der Waals surface area contributed by atoms with E-state index in [2.05, 4.69) is 74.6 Å². The number of rotatable bonds is 4. The molecule has 4 N–H and O–H groups in total. The van der Waals surface area contributed by atoms with Gasteiger partial charge in [0.15, 0.2) is 0 Å². The van der Waals surface area contributed by atoms with Crippen LogP contribution in [0, 0.1) is 47.3 Å². The number of aliphatic hydroxyl groups excluding tert-OH is 3. The van der Waals surface area contributed by atoms with Gasteiger partial charge in [0, 0.05) is 26.9 Å². The zero-order valence-electron chi connectivity index (χ0n) is 23.1. The zero-order chi connectivity index (χ0) is 25.0. The highest BCUT2D eigenvalue weighted by atomic mass is 16.3. The van der Waals surface area contributed by atoms with Crippen molar-refractivity contribution in [2.24, 2.45) is 47.3 Å². The van der Waals surface area contributed by atoms with E-state index in [1.807, 2.05) is 0 Å².